The minimum Gasteiger partial charge on any atom is -0.0594 e. The van der Waals surface area contributed by atoms with Gasteiger partial charge in [-0.1, -0.05) is 41.9 Å². The molecule has 0 fully saturated rings. The van der Waals surface area contributed by atoms with Crippen LogP contribution in [0.2, 0.25) is 0 Å². The molecule has 0 saturated carbocycles. The SMILES string of the molecule is C[C](C)CCc1ccc(Br)cc1. The van der Waals surface area contributed by atoms with Crippen LogP contribution in [0.5, 0.6) is 0 Å². The lowest BCUT2D eigenvalue weighted by Crippen LogP contribution is -1.89. The second kappa shape index (κ2) is 4.66. The number of halogens is 1. The van der Waals surface area contributed by atoms with Crippen LogP contribution in [0, 0.1) is 5.92 Å². The van der Waals surface area contributed by atoms with Gasteiger partial charge in [-0.3, -0.25) is 0 Å². The van der Waals surface area contributed by atoms with Crippen molar-refractivity contribution in [1.29, 1.82) is 0 Å². The molecule has 1 aromatic carbocycles. The van der Waals surface area contributed by atoms with Gasteiger partial charge in [0.25, 0.3) is 0 Å². The Hall–Kier alpha value is -0.300. The van der Waals surface area contributed by atoms with Gasteiger partial charge in [0.1, 0.15) is 0 Å². The highest BCUT2D eigenvalue weighted by Crippen LogP contribution is 2.14. The maximum Gasteiger partial charge on any atom is 0.0175 e. The van der Waals surface area contributed by atoms with Gasteiger partial charge in [0, 0.05) is 4.47 Å². The zero-order chi connectivity index (χ0) is 8.97. The molecule has 0 aliphatic rings. The lowest BCUT2D eigenvalue weighted by molar-refractivity contribution is 0.831. The highest BCUT2D eigenvalue weighted by Gasteiger charge is 1.96. The fourth-order valence-electron chi connectivity index (χ4n) is 1.05. The highest BCUT2D eigenvalue weighted by molar-refractivity contribution is 9.10. The molecule has 12 heavy (non-hydrogen) atoms. The Morgan fingerprint density at radius 1 is 1.17 bits per heavy atom. The molecular weight excluding hydrogens is 212 g/mol. The lowest BCUT2D eigenvalue weighted by Gasteiger charge is -2.03. The second-order valence-electron chi connectivity index (χ2n) is 3.33. The molecule has 0 heterocycles. The van der Waals surface area contributed by atoms with Crippen LogP contribution < -0.4 is 0 Å². The first-order chi connectivity index (χ1) is 5.68. The summed E-state index contributed by atoms with van der Waals surface area (Å²) < 4.78 is 1.16. The van der Waals surface area contributed by atoms with Gasteiger partial charge >= 0.3 is 0 Å². The van der Waals surface area contributed by atoms with E-state index in [0.29, 0.717) is 0 Å². The Morgan fingerprint density at radius 2 is 1.75 bits per heavy atom. The maximum atomic E-state index is 3.42. The van der Waals surface area contributed by atoms with Crippen molar-refractivity contribution in [2.45, 2.75) is 26.7 Å². The van der Waals surface area contributed by atoms with Crippen LogP contribution in [0.15, 0.2) is 28.7 Å². The summed E-state index contributed by atoms with van der Waals surface area (Å²) in [7, 11) is 0. The lowest BCUT2D eigenvalue weighted by atomic mass is 10.0. The van der Waals surface area contributed by atoms with E-state index in [0.717, 1.165) is 10.9 Å². The Balaban J connectivity index is 2.48. The molecular formula is C11H14Br. The Morgan fingerprint density at radius 3 is 2.25 bits per heavy atom. The number of aryl methyl sites for hydroxylation is 1. The maximum absolute atomic E-state index is 3.42. The Labute approximate surface area is 83.1 Å². The van der Waals surface area contributed by atoms with Gasteiger partial charge in [-0.2, -0.15) is 0 Å². The molecule has 0 aliphatic carbocycles. The zero-order valence-electron chi connectivity index (χ0n) is 7.60. The minimum atomic E-state index is 1.16. The quantitative estimate of drug-likeness (QED) is 0.730. The van der Waals surface area contributed by atoms with Crippen molar-refractivity contribution in [1.82, 2.24) is 0 Å². The number of hydrogen-bond donors (Lipinski definition) is 0. The molecule has 1 rings (SSSR count). The van der Waals surface area contributed by atoms with E-state index in [-0.39, 0.29) is 0 Å². The molecule has 1 heteroatoms. The summed E-state index contributed by atoms with van der Waals surface area (Å²) in [6.45, 7) is 4.36. The second-order valence-corrected chi connectivity index (χ2v) is 4.25. The molecule has 1 radical (unpaired) electrons. The molecule has 0 unspecified atom stereocenters. The van der Waals surface area contributed by atoms with Crippen LogP contribution in [0.25, 0.3) is 0 Å². The van der Waals surface area contributed by atoms with Crippen molar-refractivity contribution < 1.29 is 0 Å². The predicted molar refractivity (Wildman–Crippen MR) is 57.1 cm³/mol. The molecule has 1 aromatic rings. The van der Waals surface area contributed by atoms with E-state index in [2.05, 4.69) is 54.0 Å². The summed E-state index contributed by atoms with van der Waals surface area (Å²) in [6, 6.07) is 8.54. The van der Waals surface area contributed by atoms with Gasteiger partial charge in [0.2, 0.25) is 0 Å². The van der Waals surface area contributed by atoms with Crippen LogP contribution in [0.4, 0.5) is 0 Å². The van der Waals surface area contributed by atoms with Crippen molar-refractivity contribution in [3.8, 4) is 0 Å². The summed E-state index contributed by atoms with van der Waals surface area (Å²) in [5.74, 6) is 1.50. The molecule has 0 aliphatic heterocycles. The first-order valence-electron chi connectivity index (χ1n) is 4.22. The standard InChI is InChI=1S/C11H14Br/c1-9(2)3-4-10-5-7-11(12)8-6-10/h5-8H,3-4H2,1-2H3. The van der Waals surface area contributed by atoms with Crippen molar-refractivity contribution in [3.05, 3.63) is 40.2 Å². The smallest absolute Gasteiger partial charge is 0.0175 e. The summed E-state index contributed by atoms with van der Waals surface area (Å²) in [5.41, 5.74) is 1.42. The molecule has 0 aromatic heterocycles. The van der Waals surface area contributed by atoms with Crippen LogP contribution in [0.1, 0.15) is 25.8 Å². The Kier molecular flexibility index (Phi) is 3.80. The molecule has 0 amide bonds. The third kappa shape index (κ3) is 3.40. The first-order valence-corrected chi connectivity index (χ1v) is 5.01. The minimum absolute atomic E-state index is 1.16. The fourth-order valence-corrected chi connectivity index (χ4v) is 1.31. The van der Waals surface area contributed by atoms with Gasteiger partial charge in [-0.25, -0.2) is 0 Å². The van der Waals surface area contributed by atoms with E-state index >= 15 is 0 Å². The summed E-state index contributed by atoms with van der Waals surface area (Å²) in [4.78, 5) is 0. The predicted octanol–water partition coefficient (Wildman–Crippen LogP) is 4.00. The molecule has 0 nitrogen and oxygen atoms in total. The van der Waals surface area contributed by atoms with Crippen LogP contribution in [-0.2, 0) is 6.42 Å². The molecule has 0 saturated heterocycles. The average molecular weight is 226 g/mol. The molecule has 0 atom stereocenters. The van der Waals surface area contributed by atoms with E-state index in [4.69, 9.17) is 0 Å². The van der Waals surface area contributed by atoms with Crippen LogP contribution in [-0.4, -0.2) is 0 Å². The van der Waals surface area contributed by atoms with E-state index < -0.39 is 0 Å². The first kappa shape index (κ1) is 9.79. The molecule has 0 bridgehead atoms. The third-order valence-electron chi connectivity index (χ3n) is 1.83. The van der Waals surface area contributed by atoms with E-state index in [1.54, 1.807) is 0 Å². The number of hydrogen-bond acceptors (Lipinski definition) is 0. The fraction of sp³-hybridized carbons (Fsp3) is 0.364. The monoisotopic (exact) mass is 225 g/mol. The van der Waals surface area contributed by atoms with Crippen molar-refractivity contribution in [2.24, 2.45) is 0 Å². The topological polar surface area (TPSA) is 0 Å². The van der Waals surface area contributed by atoms with Crippen molar-refractivity contribution in [3.63, 3.8) is 0 Å². The normalized spacial score (nSPS) is 10.7. The zero-order valence-corrected chi connectivity index (χ0v) is 9.19. The molecule has 65 valence electrons. The van der Waals surface area contributed by atoms with E-state index in [1.165, 1.54) is 17.9 Å². The summed E-state index contributed by atoms with van der Waals surface area (Å²) in [6.07, 6.45) is 2.36. The van der Waals surface area contributed by atoms with Gasteiger partial charge in [-0.05, 0) is 36.5 Å². The van der Waals surface area contributed by atoms with E-state index in [9.17, 15) is 0 Å². The average Bonchev–Trinajstić information content (AvgIpc) is 2.03. The Bertz CT molecular complexity index is 223. The third-order valence-corrected chi connectivity index (χ3v) is 2.36. The van der Waals surface area contributed by atoms with Gasteiger partial charge in [0.15, 0.2) is 0 Å². The van der Waals surface area contributed by atoms with Crippen molar-refractivity contribution in [2.75, 3.05) is 0 Å². The highest BCUT2D eigenvalue weighted by atomic mass is 79.9. The van der Waals surface area contributed by atoms with Crippen LogP contribution in [0.3, 0.4) is 0 Å². The largest absolute Gasteiger partial charge is 0.0594 e. The summed E-state index contributed by atoms with van der Waals surface area (Å²) >= 11 is 3.42. The summed E-state index contributed by atoms with van der Waals surface area (Å²) in [5, 5.41) is 0. The van der Waals surface area contributed by atoms with Crippen LogP contribution >= 0.6 is 15.9 Å². The van der Waals surface area contributed by atoms with Crippen molar-refractivity contribution >= 4 is 15.9 Å². The number of rotatable bonds is 3. The molecule has 0 spiro atoms. The van der Waals surface area contributed by atoms with E-state index in [1.807, 2.05) is 0 Å². The van der Waals surface area contributed by atoms with Gasteiger partial charge in [-0.15, -0.1) is 0 Å². The number of benzene rings is 1. The van der Waals surface area contributed by atoms with Gasteiger partial charge < -0.3 is 0 Å². The molecule has 0 N–H and O–H groups in total. The van der Waals surface area contributed by atoms with Gasteiger partial charge in [0.05, 0.1) is 0 Å².